The van der Waals surface area contributed by atoms with Crippen molar-refractivity contribution in [3.8, 4) is 5.75 Å². The van der Waals surface area contributed by atoms with Crippen molar-refractivity contribution in [1.82, 2.24) is 4.90 Å². The fourth-order valence-electron chi connectivity index (χ4n) is 4.02. The van der Waals surface area contributed by atoms with E-state index >= 15 is 0 Å². The van der Waals surface area contributed by atoms with Gasteiger partial charge in [0.2, 0.25) is 0 Å². The van der Waals surface area contributed by atoms with Crippen LogP contribution in [0.1, 0.15) is 38.7 Å². The number of likely N-dealkylation sites (tertiary alicyclic amines) is 1. The summed E-state index contributed by atoms with van der Waals surface area (Å²) in [6.45, 7) is 10.4. The van der Waals surface area contributed by atoms with Crippen molar-refractivity contribution in [2.45, 2.75) is 45.7 Å². The van der Waals surface area contributed by atoms with E-state index in [1.165, 1.54) is 37.2 Å². The fourth-order valence-corrected chi connectivity index (χ4v) is 4.02. The summed E-state index contributed by atoms with van der Waals surface area (Å²) in [5.41, 5.74) is 2.56. The third-order valence-electron chi connectivity index (χ3n) is 5.89. The number of benzene rings is 2. The Bertz CT molecular complexity index is 712. The van der Waals surface area contributed by atoms with Crippen molar-refractivity contribution in [2.24, 2.45) is 5.92 Å². The zero-order valence-electron chi connectivity index (χ0n) is 18.9. The van der Waals surface area contributed by atoms with Gasteiger partial charge in [0.05, 0.1) is 19.8 Å². The topological polar surface area (TPSA) is 24.9 Å². The highest BCUT2D eigenvalue weighted by Crippen LogP contribution is 2.22. The van der Waals surface area contributed by atoms with Crippen molar-refractivity contribution in [3.05, 3.63) is 60.2 Å². The molecule has 0 amide bonds. The van der Waals surface area contributed by atoms with Crippen molar-refractivity contribution < 1.29 is 9.47 Å². The van der Waals surface area contributed by atoms with Crippen LogP contribution in [0.25, 0.3) is 0 Å². The average molecular weight is 411 g/mol. The standard InChI is InChI=1S/C26H38N2O2/c1-22(2)15-18-30-21-25(27-16-7-8-17-27)20-28(24-9-5-4-6-10-24)19-23-11-13-26(29-3)14-12-23/h4-6,9-14,22,25H,7-8,15-21H2,1-3H3. The van der Waals surface area contributed by atoms with Crippen LogP contribution in [0.2, 0.25) is 0 Å². The molecule has 1 saturated heterocycles. The van der Waals surface area contributed by atoms with Crippen molar-refractivity contribution in [1.29, 1.82) is 0 Å². The number of rotatable bonds is 12. The molecule has 4 nitrogen and oxygen atoms in total. The van der Waals surface area contributed by atoms with E-state index < -0.39 is 0 Å². The highest BCUT2D eigenvalue weighted by atomic mass is 16.5. The third kappa shape index (κ3) is 7.03. The molecule has 1 unspecified atom stereocenters. The molecule has 164 valence electrons. The second kappa shape index (κ2) is 12.0. The molecular weight excluding hydrogens is 372 g/mol. The maximum Gasteiger partial charge on any atom is 0.118 e. The van der Waals surface area contributed by atoms with Crippen LogP contribution in [0.4, 0.5) is 5.69 Å². The molecule has 4 heteroatoms. The minimum atomic E-state index is 0.415. The predicted molar refractivity (Wildman–Crippen MR) is 125 cm³/mol. The summed E-state index contributed by atoms with van der Waals surface area (Å²) in [5.74, 6) is 1.59. The minimum absolute atomic E-state index is 0.415. The lowest BCUT2D eigenvalue weighted by Gasteiger charge is -2.34. The lowest BCUT2D eigenvalue weighted by atomic mass is 10.1. The Morgan fingerprint density at radius 2 is 1.67 bits per heavy atom. The van der Waals surface area contributed by atoms with Crippen molar-refractivity contribution >= 4 is 5.69 Å². The molecular formula is C26H38N2O2. The van der Waals surface area contributed by atoms with Gasteiger partial charge >= 0.3 is 0 Å². The first-order chi connectivity index (χ1) is 14.7. The quantitative estimate of drug-likeness (QED) is 0.447. The van der Waals surface area contributed by atoms with Gasteiger partial charge in [0, 0.05) is 25.4 Å². The third-order valence-corrected chi connectivity index (χ3v) is 5.89. The number of hydrogen-bond acceptors (Lipinski definition) is 4. The van der Waals surface area contributed by atoms with Crippen LogP contribution >= 0.6 is 0 Å². The highest BCUT2D eigenvalue weighted by molar-refractivity contribution is 5.47. The molecule has 3 rings (SSSR count). The van der Waals surface area contributed by atoms with Gasteiger partial charge in [-0.25, -0.2) is 0 Å². The summed E-state index contributed by atoms with van der Waals surface area (Å²) >= 11 is 0. The number of hydrogen-bond donors (Lipinski definition) is 0. The van der Waals surface area contributed by atoms with Crippen LogP contribution < -0.4 is 9.64 Å². The molecule has 0 aromatic heterocycles. The number of anilines is 1. The molecule has 0 radical (unpaired) electrons. The van der Waals surface area contributed by atoms with Crippen LogP contribution in [0.5, 0.6) is 5.75 Å². The summed E-state index contributed by atoms with van der Waals surface area (Å²) in [4.78, 5) is 5.12. The first kappa shape index (κ1) is 22.6. The van der Waals surface area contributed by atoms with Gasteiger partial charge in [0.1, 0.15) is 5.75 Å². The smallest absolute Gasteiger partial charge is 0.118 e. The van der Waals surface area contributed by atoms with Gasteiger partial charge < -0.3 is 14.4 Å². The Labute approximate surface area is 182 Å². The SMILES string of the molecule is COc1ccc(CN(CC(COCCC(C)C)N2CCCC2)c2ccccc2)cc1. The molecule has 2 aromatic carbocycles. The highest BCUT2D eigenvalue weighted by Gasteiger charge is 2.25. The molecule has 0 saturated carbocycles. The van der Waals surface area contributed by atoms with E-state index in [-0.39, 0.29) is 0 Å². The van der Waals surface area contributed by atoms with Crippen LogP contribution in [0.3, 0.4) is 0 Å². The molecule has 2 aromatic rings. The molecule has 30 heavy (non-hydrogen) atoms. The molecule has 0 bridgehead atoms. The first-order valence-corrected chi connectivity index (χ1v) is 11.4. The van der Waals surface area contributed by atoms with E-state index in [1.54, 1.807) is 7.11 Å². The zero-order chi connectivity index (χ0) is 21.2. The van der Waals surface area contributed by atoms with Crippen LogP contribution in [0.15, 0.2) is 54.6 Å². The minimum Gasteiger partial charge on any atom is -0.497 e. The van der Waals surface area contributed by atoms with E-state index in [0.717, 1.165) is 38.5 Å². The molecule has 0 spiro atoms. The lowest BCUT2D eigenvalue weighted by Crippen LogP contribution is -2.45. The van der Waals surface area contributed by atoms with Crippen molar-refractivity contribution in [2.75, 3.05) is 44.9 Å². The Hall–Kier alpha value is -2.04. The van der Waals surface area contributed by atoms with Gasteiger partial charge in [-0.2, -0.15) is 0 Å². The van der Waals surface area contributed by atoms with Crippen molar-refractivity contribution in [3.63, 3.8) is 0 Å². The van der Waals surface area contributed by atoms with Gasteiger partial charge in [-0.3, -0.25) is 4.90 Å². The molecule has 1 fully saturated rings. The molecule has 1 aliphatic heterocycles. The monoisotopic (exact) mass is 410 g/mol. The van der Waals surface area contributed by atoms with Crippen LogP contribution in [-0.4, -0.2) is 50.9 Å². The second-order valence-electron chi connectivity index (χ2n) is 8.72. The Morgan fingerprint density at radius 1 is 0.967 bits per heavy atom. The molecule has 1 heterocycles. The predicted octanol–water partition coefficient (Wildman–Crippen LogP) is 5.23. The average Bonchev–Trinajstić information content (AvgIpc) is 3.31. The maximum atomic E-state index is 6.15. The van der Waals surface area contributed by atoms with E-state index in [2.05, 4.69) is 66.1 Å². The normalized spacial score (nSPS) is 15.5. The Balaban J connectivity index is 1.72. The van der Waals surface area contributed by atoms with E-state index in [4.69, 9.17) is 9.47 Å². The number of para-hydroxylation sites is 1. The zero-order valence-corrected chi connectivity index (χ0v) is 18.9. The molecule has 1 aliphatic rings. The summed E-state index contributed by atoms with van der Waals surface area (Å²) < 4.78 is 11.5. The van der Waals surface area contributed by atoms with Gasteiger partial charge in [-0.05, 0) is 68.1 Å². The van der Waals surface area contributed by atoms with Crippen LogP contribution in [-0.2, 0) is 11.3 Å². The molecule has 1 atom stereocenters. The first-order valence-electron chi connectivity index (χ1n) is 11.4. The van der Waals surface area contributed by atoms with E-state index in [9.17, 15) is 0 Å². The maximum absolute atomic E-state index is 6.15. The summed E-state index contributed by atoms with van der Waals surface area (Å²) in [5, 5.41) is 0. The van der Waals surface area contributed by atoms with Gasteiger partial charge in [-0.15, -0.1) is 0 Å². The van der Waals surface area contributed by atoms with Gasteiger partial charge in [0.25, 0.3) is 0 Å². The lowest BCUT2D eigenvalue weighted by molar-refractivity contribution is 0.0656. The van der Waals surface area contributed by atoms with Gasteiger partial charge in [-0.1, -0.05) is 44.2 Å². The molecule has 0 N–H and O–H groups in total. The Morgan fingerprint density at radius 3 is 2.30 bits per heavy atom. The number of methoxy groups -OCH3 is 1. The number of ether oxygens (including phenoxy) is 2. The summed E-state index contributed by atoms with van der Waals surface area (Å²) in [6.07, 6.45) is 3.72. The summed E-state index contributed by atoms with van der Waals surface area (Å²) in [7, 11) is 1.71. The Kier molecular flexibility index (Phi) is 9.03. The van der Waals surface area contributed by atoms with Crippen LogP contribution in [0, 0.1) is 5.92 Å². The number of nitrogens with zero attached hydrogens (tertiary/aromatic N) is 2. The summed E-state index contributed by atoms with van der Waals surface area (Å²) in [6, 6.07) is 19.6. The second-order valence-corrected chi connectivity index (χ2v) is 8.72. The van der Waals surface area contributed by atoms with E-state index in [0.29, 0.717) is 12.0 Å². The molecule has 0 aliphatic carbocycles. The largest absolute Gasteiger partial charge is 0.497 e. The van der Waals surface area contributed by atoms with Gasteiger partial charge in [0.15, 0.2) is 0 Å². The fraction of sp³-hybridized carbons (Fsp3) is 0.538. The van der Waals surface area contributed by atoms with E-state index in [1.807, 2.05) is 12.1 Å².